The van der Waals surface area contributed by atoms with E-state index in [-0.39, 0.29) is 33.1 Å². The lowest BCUT2D eigenvalue weighted by atomic mass is 10.2. The van der Waals surface area contributed by atoms with Crippen LogP contribution >= 0.6 is 23.2 Å². The van der Waals surface area contributed by atoms with E-state index < -0.39 is 15.9 Å². The van der Waals surface area contributed by atoms with Gasteiger partial charge < -0.3 is 9.72 Å². The molecule has 0 spiro atoms. The van der Waals surface area contributed by atoms with Crippen LogP contribution in [0, 0.1) is 0 Å². The molecule has 0 radical (unpaired) electrons. The molecule has 2 aromatic heterocycles. The molecule has 1 saturated carbocycles. The summed E-state index contributed by atoms with van der Waals surface area (Å²) in [4.78, 5) is 16.8. The van der Waals surface area contributed by atoms with E-state index in [1.54, 1.807) is 6.20 Å². The molecule has 1 amide bonds. The van der Waals surface area contributed by atoms with Crippen molar-refractivity contribution in [2.75, 3.05) is 0 Å². The molecule has 1 aliphatic rings. The van der Waals surface area contributed by atoms with Crippen molar-refractivity contribution >= 4 is 44.8 Å². The number of rotatable bonds is 6. The number of halogens is 2. The number of nitrogens with one attached hydrogen (secondary N) is 2. The van der Waals surface area contributed by atoms with Crippen LogP contribution in [0.15, 0.2) is 47.6 Å². The summed E-state index contributed by atoms with van der Waals surface area (Å²) in [5, 5.41) is 2.75. The zero-order valence-corrected chi connectivity index (χ0v) is 16.9. The number of amides is 1. The van der Waals surface area contributed by atoms with Gasteiger partial charge in [0.1, 0.15) is 10.5 Å². The molecule has 2 heterocycles. The average Bonchev–Trinajstić information content (AvgIpc) is 3.33. The molecule has 1 aliphatic carbocycles. The zero-order valence-electron chi connectivity index (χ0n) is 14.5. The molecule has 2 N–H and O–H groups in total. The van der Waals surface area contributed by atoms with Crippen LogP contribution in [0.3, 0.4) is 0 Å². The summed E-state index contributed by atoms with van der Waals surface area (Å²) >= 11 is 12.2. The molecule has 1 aromatic carbocycles. The number of nitrogens with zero attached hydrogens (tertiary/aromatic N) is 2. The summed E-state index contributed by atoms with van der Waals surface area (Å²) in [6.45, 7) is 0.169. The molecule has 1 fully saturated rings. The van der Waals surface area contributed by atoms with E-state index in [0.717, 1.165) is 18.5 Å². The third-order valence-corrected chi connectivity index (χ3v) is 6.60. The normalized spacial score (nSPS) is 14.4. The Morgan fingerprint density at radius 2 is 2.00 bits per heavy atom. The van der Waals surface area contributed by atoms with Crippen molar-refractivity contribution in [3.05, 3.63) is 64.0 Å². The summed E-state index contributed by atoms with van der Waals surface area (Å²) in [5.74, 6) is -0.512. The first-order valence-electron chi connectivity index (χ1n) is 8.56. The zero-order chi connectivity index (χ0) is 19.9. The van der Waals surface area contributed by atoms with Gasteiger partial charge in [-0.3, -0.25) is 4.79 Å². The van der Waals surface area contributed by atoms with Crippen LogP contribution in [-0.2, 0) is 16.6 Å². The van der Waals surface area contributed by atoms with Gasteiger partial charge in [-0.15, -0.1) is 0 Å². The van der Waals surface area contributed by atoms with E-state index in [1.807, 2.05) is 28.8 Å². The quantitative estimate of drug-likeness (QED) is 0.618. The van der Waals surface area contributed by atoms with Crippen LogP contribution in [0.5, 0.6) is 0 Å². The maximum absolute atomic E-state index is 12.6. The van der Waals surface area contributed by atoms with Crippen molar-refractivity contribution in [2.45, 2.75) is 30.3 Å². The highest BCUT2D eigenvalue weighted by molar-refractivity contribution is 7.89. The molecular weight excluding hydrogens is 423 g/mol. The third-order valence-electron chi connectivity index (χ3n) is 4.30. The van der Waals surface area contributed by atoms with Gasteiger partial charge in [-0.25, -0.2) is 18.1 Å². The second-order valence-electron chi connectivity index (χ2n) is 6.54. The van der Waals surface area contributed by atoms with Crippen molar-refractivity contribution in [3.63, 3.8) is 0 Å². The van der Waals surface area contributed by atoms with Crippen molar-refractivity contribution < 1.29 is 13.2 Å². The molecule has 4 rings (SSSR count). The Morgan fingerprint density at radius 1 is 1.21 bits per heavy atom. The highest BCUT2D eigenvalue weighted by atomic mass is 35.5. The van der Waals surface area contributed by atoms with Gasteiger partial charge in [-0.1, -0.05) is 29.3 Å². The minimum atomic E-state index is -3.82. The predicted octanol–water partition coefficient (Wildman–Crippen LogP) is 3.01. The van der Waals surface area contributed by atoms with Crippen LogP contribution in [-0.4, -0.2) is 29.8 Å². The largest absolute Gasteiger partial charge is 0.346 e. The van der Waals surface area contributed by atoms with E-state index >= 15 is 0 Å². The molecule has 0 bridgehead atoms. The number of pyridine rings is 1. The fourth-order valence-electron chi connectivity index (χ4n) is 2.73. The Morgan fingerprint density at radius 3 is 2.71 bits per heavy atom. The summed E-state index contributed by atoms with van der Waals surface area (Å²) in [6.07, 6.45) is 5.23. The maximum Gasteiger partial charge on any atom is 0.253 e. The molecule has 0 aliphatic heterocycles. The molecule has 28 heavy (non-hydrogen) atoms. The number of imidazole rings is 1. The van der Waals surface area contributed by atoms with Crippen LogP contribution in [0.2, 0.25) is 10.0 Å². The molecule has 146 valence electrons. The number of carbonyl (C=O) groups is 1. The number of hydrogen-bond donors (Lipinski definition) is 2. The minimum absolute atomic E-state index is 0.0324. The van der Waals surface area contributed by atoms with Gasteiger partial charge in [0.25, 0.3) is 5.91 Å². The van der Waals surface area contributed by atoms with Gasteiger partial charge in [0.05, 0.1) is 27.8 Å². The van der Waals surface area contributed by atoms with Crippen molar-refractivity contribution in [1.82, 2.24) is 19.4 Å². The first-order chi connectivity index (χ1) is 13.3. The maximum atomic E-state index is 12.6. The SMILES string of the molecule is O=C(NCc1cn2ccccc2n1)c1cc(S(=O)(=O)NC2CC2)c(Cl)cc1Cl. The Kier molecular flexibility index (Phi) is 5.05. The van der Waals surface area contributed by atoms with Crippen LogP contribution < -0.4 is 10.0 Å². The highest BCUT2D eigenvalue weighted by Gasteiger charge is 2.30. The second-order valence-corrected chi connectivity index (χ2v) is 9.04. The Bertz CT molecular complexity index is 1140. The number of aromatic nitrogens is 2. The number of benzene rings is 1. The molecule has 10 heteroatoms. The summed E-state index contributed by atoms with van der Waals surface area (Å²) in [5.41, 5.74) is 1.45. The highest BCUT2D eigenvalue weighted by Crippen LogP contribution is 2.30. The van der Waals surface area contributed by atoms with Crippen molar-refractivity contribution in [1.29, 1.82) is 0 Å². The smallest absolute Gasteiger partial charge is 0.253 e. The van der Waals surface area contributed by atoms with E-state index in [1.165, 1.54) is 12.1 Å². The van der Waals surface area contributed by atoms with Gasteiger partial charge in [0.15, 0.2) is 0 Å². The lowest BCUT2D eigenvalue weighted by Gasteiger charge is -2.11. The molecule has 0 saturated heterocycles. The van der Waals surface area contributed by atoms with Gasteiger partial charge in [-0.2, -0.15) is 0 Å². The van der Waals surface area contributed by atoms with E-state index in [4.69, 9.17) is 23.2 Å². The van der Waals surface area contributed by atoms with Gasteiger partial charge >= 0.3 is 0 Å². The second kappa shape index (κ2) is 7.36. The molecule has 0 atom stereocenters. The summed E-state index contributed by atoms with van der Waals surface area (Å²) in [7, 11) is -3.82. The van der Waals surface area contributed by atoms with Crippen molar-refractivity contribution in [3.8, 4) is 0 Å². The average molecular weight is 439 g/mol. The summed E-state index contributed by atoms with van der Waals surface area (Å²) in [6, 6.07) is 7.99. The molecule has 7 nitrogen and oxygen atoms in total. The topological polar surface area (TPSA) is 92.6 Å². The van der Waals surface area contributed by atoms with E-state index in [2.05, 4.69) is 15.0 Å². The molecule has 3 aromatic rings. The van der Waals surface area contributed by atoms with E-state index in [0.29, 0.717) is 5.69 Å². The number of hydrogen-bond acceptors (Lipinski definition) is 4. The van der Waals surface area contributed by atoms with E-state index in [9.17, 15) is 13.2 Å². The fraction of sp³-hybridized carbons (Fsp3) is 0.222. The third kappa shape index (κ3) is 4.00. The standard InChI is InChI=1S/C18H16Cl2N4O3S/c19-14-8-15(20)16(28(26,27)23-11-4-5-11)7-13(14)18(25)21-9-12-10-24-6-2-1-3-17(24)22-12/h1-3,6-8,10-11,23H,4-5,9H2,(H,21,25). The first kappa shape index (κ1) is 19.2. The Balaban J connectivity index is 1.55. The number of sulfonamides is 1. The van der Waals surface area contributed by atoms with Crippen molar-refractivity contribution in [2.24, 2.45) is 0 Å². The Labute approximate surface area is 171 Å². The predicted molar refractivity (Wildman–Crippen MR) is 106 cm³/mol. The van der Waals surface area contributed by atoms with Gasteiger partial charge in [0.2, 0.25) is 10.0 Å². The lowest BCUT2D eigenvalue weighted by Crippen LogP contribution is -2.27. The van der Waals surface area contributed by atoms with Gasteiger partial charge in [-0.05, 0) is 37.1 Å². The molecule has 0 unspecified atom stereocenters. The number of carbonyl (C=O) groups excluding carboxylic acids is 1. The number of fused-ring (bicyclic) bond motifs is 1. The minimum Gasteiger partial charge on any atom is -0.346 e. The van der Waals surface area contributed by atoms with Crippen LogP contribution in [0.25, 0.3) is 5.65 Å². The first-order valence-corrected chi connectivity index (χ1v) is 10.8. The fourth-order valence-corrected chi connectivity index (χ4v) is 4.90. The monoisotopic (exact) mass is 438 g/mol. The molecular formula is C18H16Cl2N4O3S. The summed E-state index contributed by atoms with van der Waals surface area (Å²) < 4.78 is 29.4. The van der Waals surface area contributed by atoms with Crippen LogP contribution in [0.4, 0.5) is 0 Å². The Hall–Kier alpha value is -2.13. The lowest BCUT2D eigenvalue weighted by molar-refractivity contribution is 0.0950. The van der Waals surface area contributed by atoms with Crippen LogP contribution in [0.1, 0.15) is 28.9 Å². The van der Waals surface area contributed by atoms with Gasteiger partial charge in [0, 0.05) is 18.4 Å².